The highest BCUT2D eigenvalue weighted by Crippen LogP contribution is 2.13. The monoisotopic (exact) mass is 415 g/mol. The third-order valence-corrected chi connectivity index (χ3v) is 4.41. The Balaban J connectivity index is 1.95. The Morgan fingerprint density at radius 3 is 2.43 bits per heavy atom. The third-order valence-electron chi connectivity index (χ3n) is 3.95. The zero-order valence-electron chi connectivity index (χ0n) is 15.7. The van der Waals surface area contributed by atoms with Crippen molar-refractivity contribution in [1.82, 2.24) is 10.2 Å². The number of thiocarbonyl (C=S) groups is 1. The Labute approximate surface area is 175 Å². The lowest BCUT2D eigenvalue weighted by Gasteiger charge is -2.19. The Morgan fingerprint density at radius 1 is 1.11 bits per heavy atom. The highest BCUT2D eigenvalue weighted by atomic mass is 35.5. The summed E-state index contributed by atoms with van der Waals surface area (Å²) in [4.78, 5) is 26.2. The van der Waals surface area contributed by atoms with Crippen LogP contribution < -0.4 is 10.6 Å². The summed E-state index contributed by atoms with van der Waals surface area (Å²) in [5.41, 5.74) is 2.04. The number of anilines is 1. The van der Waals surface area contributed by atoms with Gasteiger partial charge in [0.05, 0.1) is 0 Å². The van der Waals surface area contributed by atoms with Crippen LogP contribution in [0, 0.1) is 0 Å². The first-order valence-electron chi connectivity index (χ1n) is 8.88. The zero-order valence-corrected chi connectivity index (χ0v) is 17.3. The van der Waals surface area contributed by atoms with Gasteiger partial charge in [0.1, 0.15) is 0 Å². The summed E-state index contributed by atoms with van der Waals surface area (Å²) in [7, 11) is 0. The SMILES string of the molecule is CCN(CC)C(=O)c1cccc(NC(=S)NC(=O)/C=C/c2ccc(Cl)cc2)c1. The summed E-state index contributed by atoms with van der Waals surface area (Å²) >= 11 is 11.0. The molecule has 0 aromatic heterocycles. The number of halogens is 1. The summed E-state index contributed by atoms with van der Waals surface area (Å²) in [5.74, 6) is -0.405. The molecule has 0 bridgehead atoms. The highest BCUT2D eigenvalue weighted by molar-refractivity contribution is 7.80. The van der Waals surface area contributed by atoms with E-state index in [-0.39, 0.29) is 16.9 Å². The van der Waals surface area contributed by atoms with E-state index in [0.717, 1.165) is 5.56 Å². The fourth-order valence-electron chi connectivity index (χ4n) is 2.49. The Kier molecular flexibility index (Phi) is 8.17. The zero-order chi connectivity index (χ0) is 20.5. The van der Waals surface area contributed by atoms with Crippen LogP contribution in [-0.4, -0.2) is 34.9 Å². The van der Waals surface area contributed by atoms with E-state index in [1.54, 1.807) is 59.5 Å². The van der Waals surface area contributed by atoms with Gasteiger partial charge in [-0.25, -0.2) is 0 Å². The van der Waals surface area contributed by atoms with Crippen LogP contribution in [0.5, 0.6) is 0 Å². The number of carbonyl (C=O) groups is 2. The number of nitrogens with zero attached hydrogens (tertiary/aromatic N) is 1. The van der Waals surface area contributed by atoms with Crippen molar-refractivity contribution < 1.29 is 9.59 Å². The summed E-state index contributed by atoms with van der Waals surface area (Å²) in [6.45, 7) is 5.15. The van der Waals surface area contributed by atoms with E-state index in [0.29, 0.717) is 29.4 Å². The fraction of sp³-hybridized carbons (Fsp3) is 0.190. The minimum absolute atomic E-state index is 0.0468. The molecule has 7 heteroatoms. The van der Waals surface area contributed by atoms with Gasteiger partial charge in [0.25, 0.3) is 5.91 Å². The summed E-state index contributed by atoms with van der Waals surface area (Å²) in [6, 6.07) is 14.1. The molecule has 2 rings (SSSR count). The summed E-state index contributed by atoms with van der Waals surface area (Å²) in [5, 5.41) is 6.29. The average molecular weight is 416 g/mol. The van der Waals surface area contributed by atoms with E-state index in [9.17, 15) is 9.59 Å². The van der Waals surface area contributed by atoms with Crippen LogP contribution >= 0.6 is 23.8 Å². The van der Waals surface area contributed by atoms with E-state index in [2.05, 4.69) is 10.6 Å². The van der Waals surface area contributed by atoms with Gasteiger partial charge >= 0.3 is 0 Å². The van der Waals surface area contributed by atoms with Gasteiger partial charge in [-0.05, 0) is 68.0 Å². The van der Waals surface area contributed by atoms with E-state index >= 15 is 0 Å². The Bertz CT molecular complexity index is 877. The molecule has 0 saturated heterocycles. The lowest BCUT2D eigenvalue weighted by Crippen LogP contribution is -2.33. The predicted octanol–water partition coefficient (Wildman–Crippen LogP) is 4.35. The van der Waals surface area contributed by atoms with Crippen molar-refractivity contribution in [2.45, 2.75) is 13.8 Å². The number of nitrogens with one attached hydrogen (secondary N) is 2. The van der Waals surface area contributed by atoms with Crippen molar-refractivity contribution in [2.75, 3.05) is 18.4 Å². The third kappa shape index (κ3) is 6.48. The van der Waals surface area contributed by atoms with Gasteiger partial charge in [-0.15, -0.1) is 0 Å². The largest absolute Gasteiger partial charge is 0.339 e. The molecule has 146 valence electrons. The van der Waals surface area contributed by atoms with Crippen LogP contribution in [0.1, 0.15) is 29.8 Å². The van der Waals surface area contributed by atoms with Gasteiger partial charge in [-0.3, -0.25) is 14.9 Å². The van der Waals surface area contributed by atoms with Crippen LogP contribution in [0.15, 0.2) is 54.6 Å². The van der Waals surface area contributed by atoms with Crippen molar-refractivity contribution in [3.8, 4) is 0 Å². The fourth-order valence-corrected chi connectivity index (χ4v) is 2.83. The number of hydrogen-bond acceptors (Lipinski definition) is 3. The first kappa shape index (κ1) is 21.6. The van der Waals surface area contributed by atoms with Crippen molar-refractivity contribution in [2.24, 2.45) is 0 Å². The second-order valence-electron chi connectivity index (χ2n) is 5.89. The minimum atomic E-state index is -0.358. The molecule has 0 aliphatic carbocycles. The normalized spacial score (nSPS) is 10.5. The van der Waals surface area contributed by atoms with Crippen LogP contribution in [0.25, 0.3) is 6.08 Å². The summed E-state index contributed by atoms with van der Waals surface area (Å²) < 4.78 is 0. The molecular weight excluding hydrogens is 394 g/mol. The summed E-state index contributed by atoms with van der Waals surface area (Å²) in [6.07, 6.45) is 3.05. The molecule has 0 unspecified atom stereocenters. The predicted molar refractivity (Wildman–Crippen MR) is 119 cm³/mol. The maximum atomic E-state index is 12.4. The Morgan fingerprint density at radius 2 is 1.79 bits per heavy atom. The lowest BCUT2D eigenvalue weighted by molar-refractivity contribution is -0.115. The maximum absolute atomic E-state index is 12.4. The second-order valence-corrected chi connectivity index (χ2v) is 6.73. The molecule has 0 saturated carbocycles. The number of carbonyl (C=O) groups excluding carboxylic acids is 2. The van der Waals surface area contributed by atoms with Crippen LogP contribution in [0.3, 0.4) is 0 Å². The number of rotatable bonds is 6. The van der Waals surface area contributed by atoms with Gasteiger partial charge < -0.3 is 10.2 Å². The molecule has 5 nitrogen and oxygen atoms in total. The molecule has 0 aliphatic rings. The molecule has 2 aromatic rings. The van der Waals surface area contributed by atoms with Gasteiger partial charge in [0.15, 0.2) is 5.11 Å². The molecule has 0 radical (unpaired) electrons. The smallest absolute Gasteiger partial charge is 0.253 e. The maximum Gasteiger partial charge on any atom is 0.253 e. The number of amides is 2. The van der Waals surface area contributed by atoms with E-state index < -0.39 is 0 Å². The van der Waals surface area contributed by atoms with Gasteiger partial charge in [0, 0.05) is 35.4 Å². The molecule has 0 fully saturated rings. The van der Waals surface area contributed by atoms with E-state index in [4.69, 9.17) is 23.8 Å². The number of benzene rings is 2. The molecular formula is C21H22ClN3O2S. The van der Waals surface area contributed by atoms with Crippen molar-refractivity contribution in [3.05, 3.63) is 70.8 Å². The van der Waals surface area contributed by atoms with E-state index in [1.807, 2.05) is 13.8 Å². The van der Waals surface area contributed by atoms with Crippen molar-refractivity contribution in [1.29, 1.82) is 0 Å². The van der Waals surface area contributed by atoms with Crippen LogP contribution in [0.4, 0.5) is 5.69 Å². The van der Waals surface area contributed by atoms with Crippen LogP contribution in [0.2, 0.25) is 5.02 Å². The lowest BCUT2D eigenvalue weighted by atomic mass is 10.1. The molecule has 2 N–H and O–H groups in total. The van der Waals surface area contributed by atoms with Gasteiger partial charge in [-0.1, -0.05) is 29.8 Å². The van der Waals surface area contributed by atoms with Gasteiger partial charge in [0.2, 0.25) is 5.91 Å². The minimum Gasteiger partial charge on any atom is -0.339 e. The molecule has 0 spiro atoms. The van der Waals surface area contributed by atoms with Gasteiger partial charge in [-0.2, -0.15) is 0 Å². The average Bonchev–Trinajstić information content (AvgIpc) is 2.68. The topological polar surface area (TPSA) is 61.4 Å². The molecule has 0 heterocycles. The first-order valence-corrected chi connectivity index (χ1v) is 9.66. The molecule has 0 aliphatic heterocycles. The molecule has 0 atom stereocenters. The Hall–Kier alpha value is -2.70. The molecule has 28 heavy (non-hydrogen) atoms. The second kappa shape index (κ2) is 10.6. The quantitative estimate of drug-likeness (QED) is 0.544. The first-order chi connectivity index (χ1) is 13.4. The molecule has 2 amide bonds. The van der Waals surface area contributed by atoms with Crippen LogP contribution in [-0.2, 0) is 4.79 Å². The van der Waals surface area contributed by atoms with E-state index in [1.165, 1.54) is 6.08 Å². The molecule has 2 aromatic carbocycles. The number of hydrogen-bond donors (Lipinski definition) is 2. The van der Waals surface area contributed by atoms with Crippen molar-refractivity contribution >= 4 is 52.5 Å². The van der Waals surface area contributed by atoms with Crippen molar-refractivity contribution in [3.63, 3.8) is 0 Å². The standard InChI is InChI=1S/C21H22ClN3O2S/c1-3-25(4-2)20(27)16-6-5-7-18(14-16)23-21(28)24-19(26)13-10-15-8-11-17(22)12-9-15/h5-14H,3-4H2,1-2H3,(H2,23,24,26,28)/b13-10+. The highest BCUT2D eigenvalue weighted by Gasteiger charge is 2.13.